The Bertz CT molecular complexity index is 739. The minimum atomic E-state index is -1.95. The number of ketones is 1. The lowest BCUT2D eigenvalue weighted by molar-refractivity contribution is -0.116. The van der Waals surface area contributed by atoms with E-state index in [1.54, 1.807) is 6.08 Å². The Hall–Kier alpha value is -0.319. The van der Waals surface area contributed by atoms with Crippen molar-refractivity contribution in [2.75, 3.05) is 0 Å². The number of hydrogen-bond donors (Lipinski definition) is 0. The molecule has 7 heteroatoms. The zero-order chi connectivity index (χ0) is 29.5. The Morgan fingerprint density at radius 1 is 0.838 bits per heavy atom. The summed E-state index contributed by atoms with van der Waals surface area (Å²) in [4.78, 5) is 13.1. The molecule has 0 N–H and O–H groups in total. The zero-order valence-corrected chi connectivity index (χ0v) is 30.2. The van der Waals surface area contributed by atoms with Gasteiger partial charge < -0.3 is 13.3 Å². The average molecular weight is 571 g/mol. The quantitative estimate of drug-likeness (QED) is 0.105. The van der Waals surface area contributed by atoms with Crippen molar-refractivity contribution in [3.8, 4) is 0 Å². The summed E-state index contributed by atoms with van der Waals surface area (Å²) in [5, 5.41) is 0.286. The van der Waals surface area contributed by atoms with Gasteiger partial charge in [0.1, 0.15) is 0 Å². The van der Waals surface area contributed by atoms with Gasteiger partial charge in [-0.3, -0.25) is 4.79 Å². The topological polar surface area (TPSA) is 44.8 Å². The van der Waals surface area contributed by atoms with Crippen LogP contribution in [0.4, 0.5) is 0 Å². The van der Waals surface area contributed by atoms with E-state index >= 15 is 0 Å². The highest BCUT2D eigenvalue weighted by Crippen LogP contribution is 2.39. The molecule has 37 heavy (non-hydrogen) atoms. The molecule has 0 unspecified atom stereocenters. The second kappa shape index (κ2) is 14.4. The summed E-state index contributed by atoms with van der Waals surface area (Å²) in [5.74, 6) is 0.289. The Morgan fingerprint density at radius 2 is 1.32 bits per heavy atom. The van der Waals surface area contributed by atoms with Gasteiger partial charge in [0.05, 0.1) is 18.3 Å². The summed E-state index contributed by atoms with van der Waals surface area (Å²) in [5.41, 5.74) is 0. The fourth-order valence-corrected chi connectivity index (χ4v) is 7.78. The van der Waals surface area contributed by atoms with E-state index in [0.717, 1.165) is 12.8 Å². The first-order chi connectivity index (χ1) is 16.5. The predicted octanol–water partition coefficient (Wildman–Crippen LogP) is 9.52. The fraction of sp³-hybridized carbons (Fsp3) is 0.833. The standard InChI is InChI=1S/C30H62O4Si3/c1-17-19-26(33-36(13,14)29(4,5)6)23-27(32-35(10,11)12)22-25(31)21-20-24(3)28(18-2)34-37(15,16)30(7,8)9/h17,20-21,24,26-28H,1,18-19,22-23H2,2-16H3/b21-20+/t24-,26+,27+,28+/m0/s1. The van der Waals surface area contributed by atoms with E-state index in [1.807, 2.05) is 12.2 Å². The van der Waals surface area contributed by atoms with Gasteiger partial charge in [-0.05, 0) is 87.2 Å². The molecule has 0 fully saturated rings. The van der Waals surface area contributed by atoms with Gasteiger partial charge in [-0.1, -0.05) is 67.5 Å². The van der Waals surface area contributed by atoms with Crippen LogP contribution in [-0.4, -0.2) is 49.0 Å². The van der Waals surface area contributed by atoms with Crippen LogP contribution in [0, 0.1) is 5.92 Å². The minimum absolute atomic E-state index is 0.0119. The van der Waals surface area contributed by atoms with E-state index in [2.05, 4.69) is 108 Å². The normalized spacial score (nSPS) is 17.5. The molecule has 0 aliphatic rings. The van der Waals surface area contributed by atoms with Gasteiger partial charge in [-0.25, -0.2) is 0 Å². The molecule has 0 spiro atoms. The summed E-state index contributed by atoms with van der Waals surface area (Å²) in [6.07, 6.45) is 8.50. The van der Waals surface area contributed by atoms with Crippen molar-refractivity contribution in [1.29, 1.82) is 0 Å². The molecule has 0 aliphatic heterocycles. The smallest absolute Gasteiger partial charge is 0.192 e. The molecule has 4 atom stereocenters. The molecule has 0 amide bonds. The van der Waals surface area contributed by atoms with Crippen LogP contribution < -0.4 is 0 Å². The van der Waals surface area contributed by atoms with Crippen molar-refractivity contribution in [2.24, 2.45) is 5.92 Å². The molecule has 4 nitrogen and oxygen atoms in total. The van der Waals surface area contributed by atoms with E-state index in [1.165, 1.54) is 0 Å². The van der Waals surface area contributed by atoms with E-state index < -0.39 is 25.0 Å². The van der Waals surface area contributed by atoms with Crippen LogP contribution in [0.25, 0.3) is 0 Å². The summed E-state index contributed by atoms with van der Waals surface area (Å²) in [6.45, 7) is 37.6. The lowest BCUT2D eigenvalue weighted by Crippen LogP contribution is -2.45. The van der Waals surface area contributed by atoms with Gasteiger partial charge in [0, 0.05) is 6.42 Å². The van der Waals surface area contributed by atoms with Gasteiger partial charge in [-0.2, -0.15) is 0 Å². The molecule has 0 aromatic carbocycles. The summed E-state index contributed by atoms with van der Waals surface area (Å²) >= 11 is 0. The van der Waals surface area contributed by atoms with E-state index in [9.17, 15) is 4.79 Å². The highest BCUT2D eigenvalue weighted by molar-refractivity contribution is 6.74. The molecule has 0 bridgehead atoms. The maximum atomic E-state index is 13.1. The summed E-state index contributed by atoms with van der Waals surface area (Å²) in [6, 6.07) is 0. The maximum Gasteiger partial charge on any atom is 0.192 e. The summed E-state index contributed by atoms with van der Waals surface area (Å²) in [7, 11) is -5.67. The SMILES string of the molecule is C=CC[C@H](C[C@@H](CC(=O)/C=C/[C@H](C)[C@@H](CC)O[Si](C)(C)C(C)(C)C)O[Si](C)(C)C)O[Si](C)(C)C(C)(C)C. The van der Waals surface area contributed by atoms with Crippen LogP contribution in [0.15, 0.2) is 24.8 Å². The van der Waals surface area contributed by atoms with Crippen LogP contribution in [0.1, 0.15) is 81.1 Å². The molecule has 218 valence electrons. The van der Waals surface area contributed by atoms with E-state index in [4.69, 9.17) is 13.3 Å². The van der Waals surface area contributed by atoms with Crippen LogP contribution in [0.3, 0.4) is 0 Å². The maximum absolute atomic E-state index is 13.1. The fourth-order valence-electron chi connectivity index (χ4n) is 3.73. The van der Waals surface area contributed by atoms with Crippen LogP contribution in [0.5, 0.6) is 0 Å². The number of carbonyl (C=O) groups excluding carboxylic acids is 1. The number of carbonyl (C=O) groups is 1. The molecule has 0 saturated heterocycles. The van der Waals surface area contributed by atoms with Gasteiger partial charge in [0.2, 0.25) is 0 Å². The van der Waals surface area contributed by atoms with Crippen molar-refractivity contribution in [3.63, 3.8) is 0 Å². The lowest BCUT2D eigenvalue weighted by atomic mass is 10.00. The third kappa shape index (κ3) is 13.5. The second-order valence-corrected chi connectivity index (χ2v) is 28.8. The van der Waals surface area contributed by atoms with Crippen LogP contribution in [0.2, 0.25) is 55.9 Å². The highest BCUT2D eigenvalue weighted by atomic mass is 28.4. The second-order valence-electron chi connectivity index (χ2n) is 14.8. The highest BCUT2D eigenvalue weighted by Gasteiger charge is 2.40. The molecule has 0 aliphatic carbocycles. The van der Waals surface area contributed by atoms with Gasteiger partial charge in [0.15, 0.2) is 30.7 Å². The predicted molar refractivity (Wildman–Crippen MR) is 170 cm³/mol. The first-order valence-electron chi connectivity index (χ1n) is 14.3. The number of allylic oxidation sites excluding steroid dienone is 1. The molecule has 0 aromatic heterocycles. The van der Waals surface area contributed by atoms with Crippen molar-refractivity contribution in [2.45, 2.75) is 155 Å². The van der Waals surface area contributed by atoms with Gasteiger partial charge in [0.25, 0.3) is 0 Å². The number of rotatable bonds is 16. The first kappa shape index (κ1) is 36.7. The monoisotopic (exact) mass is 570 g/mol. The molecule has 0 rings (SSSR count). The largest absolute Gasteiger partial charge is 0.414 e. The molecular formula is C30H62O4Si3. The Morgan fingerprint density at radius 3 is 1.73 bits per heavy atom. The van der Waals surface area contributed by atoms with E-state index in [-0.39, 0.29) is 40.1 Å². The van der Waals surface area contributed by atoms with Crippen molar-refractivity contribution in [3.05, 3.63) is 24.8 Å². The van der Waals surface area contributed by atoms with Crippen molar-refractivity contribution < 1.29 is 18.1 Å². The zero-order valence-electron chi connectivity index (χ0n) is 27.2. The molecule has 0 aromatic rings. The minimum Gasteiger partial charge on any atom is -0.414 e. The molecule has 0 saturated carbocycles. The molecular weight excluding hydrogens is 509 g/mol. The number of hydrogen-bond acceptors (Lipinski definition) is 4. The third-order valence-electron chi connectivity index (χ3n) is 8.00. The van der Waals surface area contributed by atoms with E-state index in [0.29, 0.717) is 12.8 Å². The van der Waals surface area contributed by atoms with Crippen molar-refractivity contribution >= 4 is 30.7 Å². The van der Waals surface area contributed by atoms with Gasteiger partial charge in [-0.15, -0.1) is 6.58 Å². The van der Waals surface area contributed by atoms with Crippen LogP contribution in [-0.2, 0) is 18.1 Å². The van der Waals surface area contributed by atoms with Crippen LogP contribution >= 0.6 is 0 Å². The Labute approximate surface area is 234 Å². The average Bonchev–Trinajstić information content (AvgIpc) is 2.67. The lowest BCUT2D eigenvalue weighted by Gasteiger charge is -2.40. The molecule has 0 heterocycles. The third-order valence-corrected chi connectivity index (χ3v) is 18.1. The first-order valence-corrected chi connectivity index (χ1v) is 23.5. The molecule has 0 radical (unpaired) electrons. The summed E-state index contributed by atoms with van der Waals surface area (Å²) < 4.78 is 20.0. The Balaban J connectivity index is 5.57. The van der Waals surface area contributed by atoms with Crippen molar-refractivity contribution in [1.82, 2.24) is 0 Å². The van der Waals surface area contributed by atoms with Gasteiger partial charge >= 0.3 is 0 Å². The Kier molecular flexibility index (Phi) is 14.2.